The number of amides is 1. The summed E-state index contributed by atoms with van der Waals surface area (Å²) >= 11 is 12.1. The van der Waals surface area contributed by atoms with Crippen molar-refractivity contribution >= 4 is 29.1 Å². The van der Waals surface area contributed by atoms with Gasteiger partial charge in [-0.1, -0.05) is 29.3 Å². The van der Waals surface area contributed by atoms with Crippen molar-refractivity contribution in [2.24, 2.45) is 5.92 Å². The lowest BCUT2D eigenvalue weighted by Gasteiger charge is -2.29. The maximum atomic E-state index is 12.6. The molecule has 1 aliphatic rings. The SMILES string of the molecule is CC1NCCC1C(=O)N(C)C(C)c1ccc(Cl)cc1Cl. The average molecular weight is 315 g/mol. The van der Waals surface area contributed by atoms with Gasteiger partial charge in [-0.25, -0.2) is 0 Å². The van der Waals surface area contributed by atoms with Gasteiger partial charge < -0.3 is 10.2 Å². The fourth-order valence-corrected chi connectivity index (χ4v) is 3.26. The summed E-state index contributed by atoms with van der Waals surface area (Å²) in [7, 11) is 1.84. The summed E-state index contributed by atoms with van der Waals surface area (Å²) < 4.78 is 0. The molecule has 0 spiro atoms. The normalized spacial score (nSPS) is 23.6. The van der Waals surface area contributed by atoms with Gasteiger partial charge in [0.05, 0.1) is 12.0 Å². The zero-order chi connectivity index (χ0) is 14.9. The number of halogens is 2. The van der Waals surface area contributed by atoms with Gasteiger partial charge in [0, 0.05) is 23.1 Å². The summed E-state index contributed by atoms with van der Waals surface area (Å²) in [5.74, 6) is 0.217. The Kier molecular flexibility index (Phi) is 4.95. The van der Waals surface area contributed by atoms with Gasteiger partial charge in [0.1, 0.15) is 0 Å². The third-order valence-corrected chi connectivity index (χ3v) is 4.75. The summed E-state index contributed by atoms with van der Waals surface area (Å²) in [5.41, 5.74) is 0.922. The Morgan fingerprint density at radius 1 is 1.45 bits per heavy atom. The number of rotatable bonds is 3. The fraction of sp³-hybridized carbons (Fsp3) is 0.533. The van der Waals surface area contributed by atoms with E-state index in [2.05, 4.69) is 12.2 Å². The summed E-state index contributed by atoms with van der Waals surface area (Å²) in [6.07, 6.45) is 0.894. The molecule has 1 heterocycles. The molecule has 3 nitrogen and oxygen atoms in total. The summed E-state index contributed by atoms with van der Waals surface area (Å²) in [6.45, 7) is 4.95. The maximum Gasteiger partial charge on any atom is 0.227 e. The predicted molar refractivity (Wildman–Crippen MR) is 83.2 cm³/mol. The Balaban J connectivity index is 2.15. The molecule has 20 heavy (non-hydrogen) atoms. The van der Waals surface area contributed by atoms with Crippen LogP contribution in [0.15, 0.2) is 18.2 Å². The molecule has 0 aromatic heterocycles. The second-order valence-electron chi connectivity index (χ2n) is 5.43. The summed E-state index contributed by atoms with van der Waals surface area (Å²) in [6, 6.07) is 5.57. The molecule has 1 aliphatic heterocycles. The summed E-state index contributed by atoms with van der Waals surface area (Å²) in [5, 5.41) is 4.52. The van der Waals surface area contributed by atoms with Crippen molar-refractivity contribution in [3.05, 3.63) is 33.8 Å². The second kappa shape index (κ2) is 6.33. The molecule has 0 saturated carbocycles. The van der Waals surface area contributed by atoms with Crippen molar-refractivity contribution in [2.75, 3.05) is 13.6 Å². The maximum absolute atomic E-state index is 12.6. The van der Waals surface area contributed by atoms with Crippen LogP contribution in [0.3, 0.4) is 0 Å². The van der Waals surface area contributed by atoms with E-state index in [1.165, 1.54) is 0 Å². The monoisotopic (exact) mass is 314 g/mol. The molecular formula is C15H20Cl2N2O. The molecule has 1 aromatic carbocycles. The van der Waals surface area contributed by atoms with Crippen LogP contribution in [-0.4, -0.2) is 30.4 Å². The molecule has 1 amide bonds. The van der Waals surface area contributed by atoms with Gasteiger partial charge in [0.2, 0.25) is 5.91 Å². The number of nitrogens with one attached hydrogen (secondary N) is 1. The Morgan fingerprint density at radius 2 is 2.15 bits per heavy atom. The number of hydrogen-bond acceptors (Lipinski definition) is 2. The first-order chi connectivity index (χ1) is 9.41. The van der Waals surface area contributed by atoms with Gasteiger partial charge >= 0.3 is 0 Å². The first-order valence-corrected chi connectivity index (χ1v) is 7.62. The highest BCUT2D eigenvalue weighted by molar-refractivity contribution is 6.35. The average Bonchev–Trinajstić information content (AvgIpc) is 2.82. The van der Waals surface area contributed by atoms with E-state index in [0.29, 0.717) is 10.0 Å². The van der Waals surface area contributed by atoms with Gasteiger partial charge in [-0.3, -0.25) is 4.79 Å². The van der Waals surface area contributed by atoms with Gasteiger partial charge in [-0.05, 0) is 44.5 Å². The van der Waals surface area contributed by atoms with Crippen molar-refractivity contribution in [3.63, 3.8) is 0 Å². The molecular weight excluding hydrogens is 295 g/mol. The van der Waals surface area contributed by atoms with E-state index < -0.39 is 0 Å². The van der Waals surface area contributed by atoms with Crippen LogP contribution in [0.25, 0.3) is 0 Å². The first kappa shape index (κ1) is 15.6. The van der Waals surface area contributed by atoms with Gasteiger partial charge in [-0.15, -0.1) is 0 Å². The van der Waals surface area contributed by atoms with E-state index in [-0.39, 0.29) is 23.9 Å². The molecule has 2 rings (SSSR count). The van der Waals surface area contributed by atoms with Crippen LogP contribution in [0.1, 0.15) is 31.9 Å². The van der Waals surface area contributed by atoms with E-state index in [1.807, 2.05) is 20.0 Å². The minimum atomic E-state index is -0.0694. The third kappa shape index (κ3) is 3.11. The predicted octanol–water partition coefficient (Wildman–Crippen LogP) is 3.51. The first-order valence-electron chi connectivity index (χ1n) is 6.87. The molecule has 0 bridgehead atoms. The molecule has 1 aromatic rings. The lowest BCUT2D eigenvalue weighted by Crippen LogP contribution is -2.39. The number of benzene rings is 1. The quantitative estimate of drug-likeness (QED) is 0.926. The van der Waals surface area contributed by atoms with Crippen LogP contribution >= 0.6 is 23.2 Å². The number of nitrogens with zero attached hydrogens (tertiary/aromatic N) is 1. The standard InChI is InChI=1S/C15H20Cl2N2O/c1-9-12(6-7-18-9)15(20)19(3)10(2)13-5-4-11(16)8-14(13)17/h4-5,8-10,12,18H,6-7H2,1-3H3. The molecule has 1 saturated heterocycles. The molecule has 3 atom stereocenters. The molecule has 3 unspecified atom stereocenters. The van der Waals surface area contributed by atoms with Crippen LogP contribution in [0.4, 0.5) is 0 Å². The van der Waals surface area contributed by atoms with Crippen molar-refractivity contribution in [1.82, 2.24) is 10.2 Å². The highest BCUT2D eigenvalue weighted by Gasteiger charge is 2.33. The molecule has 0 radical (unpaired) electrons. The van der Waals surface area contributed by atoms with Crippen LogP contribution in [0.5, 0.6) is 0 Å². The van der Waals surface area contributed by atoms with Crippen LogP contribution in [0.2, 0.25) is 10.0 Å². The van der Waals surface area contributed by atoms with Crippen LogP contribution in [0, 0.1) is 5.92 Å². The zero-order valence-electron chi connectivity index (χ0n) is 12.0. The summed E-state index contributed by atoms with van der Waals surface area (Å²) in [4.78, 5) is 14.3. The molecule has 5 heteroatoms. The van der Waals surface area contributed by atoms with E-state index >= 15 is 0 Å². The van der Waals surface area contributed by atoms with Gasteiger partial charge in [-0.2, -0.15) is 0 Å². The minimum Gasteiger partial charge on any atom is -0.339 e. The van der Waals surface area contributed by atoms with Crippen molar-refractivity contribution < 1.29 is 4.79 Å². The Morgan fingerprint density at radius 3 is 2.70 bits per heavy atom. The Bertz CT molecular complexity index is 507. The van der Waals surface area contributed by atoms with Crippen molar-refractivity contribution in [2.45, 2.75) is 32.4 Å². The highest BCUT2D eigenvalue weighted by atomic mass is 35.5. The second-order valence-corrected chi connectivity index (χ2v) is 6.27. The molecule has 0 aliphatic carbocycles. The number of carbonyl (C=O) groups is 1. The van der Waals surface area contributed by atoms with Gasteiger partial charge in [0.25, 0.3) is 0 Å². The van der Waals surface area contributed by atoms with E-state index in [0.717, 1.165) is 18.5 Å². The molecule has 110 valence electrons. The molecule has 1 fully saturated rings. The topological polar surface area (TPSA) is 32.3 Å². The molecule has 1 N–H and O–H groups in total. The number of hydrogen-bond donors (Lipinski definition) is 1. The Hall–Kier alpha value is -0.770. The lowest BCUT2D eigenvalue weighted by molar-refractivity contribution is -0.136. The fourth-order valence-electron chi connectivity index (χ4n) is 2.70. The lowest BCUT2D eigenvalue weighted by atomic mass is 9.98. The van der Waals surface area contributed by atoms with Crippen molar-refractivity contribution in [1.29, 1.82) is 0 Å². The van der Waals surface area contributed by atoms with Gasteiger partial charge in [0.15, 0.2) is 0 Å². The zero-order valence-corrected chi connectivity index (χ0v) is 13.5. The minimum absolute atomic E-state index is 0.0496. The van der Waals surface area contributed by atoms with Crippen molar-refractivity contribution in [3.8, 4) is 0 Å². The highest BCUT2D eigenvalue weighted by Crippen LogP contribution is 2.30. The third-order valence-electron chi connectivity index (χ3n) is 4.18. The van der Waals surface area contributed by atoms with Crippen LogP contribution < -0.4 is 5.32 Å². The van der Waals surface area contributed by atoms with E-state index in [4.69, 9.17) is 23.2 Å². The largest absolute Gasteiger partial charge is 0.339 e. The van der Waals surface area contributed by atoms with E-state index in [1.54, 1.807) is 17.0 Å². The van der Waals surface area contributed by atoms with E-state index in [9.17, 15) is 4.79 Å². The Labute approximate surface area is 130 Å². The number of carbonyl (C=O) groups excluding carboxylic acids is 1. The smallest absolute Gasteiger partial charge is 0.227 e. The van der Waals surface area contributed by atoms with Crippen LogP contribution in [-0.2, 0) is 4.79 Å².